The Kier molecular flexibility index (Phi) is 9.47. The fourth-order valence-corrected chi connectivity index (χ4v) is 5.34. The van der Waals surface area contributed by atoms with E-state index >= 15 is 0 Å². The van der Waals surface area contributed by atoms with Gasteiger partial charge in [-0.1, -0.05) is 31.5 Å². The third kappa shape index (κ3) is 7.24. The van der Waals surface area contributed by atoms with Crippen molar-refractivity contribution in [3.05, 3.63) is 29.8 Å². The van der Waals surface area contributed by atoms with Crippen LogP contribution in [0.4, 0.5) is 0 Å². The van der Waals surface area contributed by atoms with Crippen LogP contribution in [0.15, 0.2) is 29.2 Å². The van der Waals surface area contributed by atoms with Crippen molar-refractivity contribution >= 4 is 21.8 Å². The van der Waals surface area contributed by atoms with Gasteiger partial charge in [0.05, 0.1) is 23.6 Å². The summed E-state index contributed by atoms with van der Waals surface area (Å²) in [5.41, 5.74) is 0.937. The molecular weight excluding hydrogens is 458 g/mol. The molecule has 2 aliphatic heterocycles. The predicted molar refractivity (Wildman–Crippen MR) is 128 cm³/mol. The van der Waals surface area contributed by atoms with E-state index in [4.69, 9.17) is 9.47 Å². The minimum absolute atomic E-state index is 0.0135. The van der Waals surface area contributed by atoms with E-state index in [-0.39, 0.29) is 35.5 Å². The lowest BCUT2D eigenvalue weighted by Gasteiger charge is -2.35. The van der Waals surface area contributed by atoms with Crippen LogP contribution in [-0.2, 0) is 29.1 Å². The summed E-state index contributed by atoms with van der Waals surface area (Å²) in [5.74, 6) is -0.904. The Labute approximate surface area is 202 Å². The van der Waals surface area contributed by atoms with Crippen molar-refractivity contribution in [3.63, 3.8) is 0 Å². The number of sulfonamides is 1. The molecule has 2 aliphatic rings. The van der Waals surface area contributed by atoms with Crippen molar-refractivity contribution in [1.82, 2.24) is 14.9 Å². The average Bonchev–Trinajstić information content (AvgIpc) is 3.50. The fourth-order valence-electron chi connectivity index (χ4n) is 4.37. The molecule has 2 saturated heterocycles. The summed E-state index contributed by atoms with van der Waals surface area (Å²) >= 11 is 0. The second-order valence-electron chi connectivity index (χ2n) is 9.39. The molecule has 0 aliphatic carbocycles. The van der Waals surface area contributed by atoms with Crippen LogP contribution in [0.25, 0.3) is 0 Å². The summed E-state index contributed by atoms with van der Waals surface area (Å²) in [6.07, 6.45) is 3.36. The number of benzene rings is 1. The van der Waals surface area contributed by atoms with E-state index in [1.54, 1.807) is 12.1 Å². The summed E-state index contributed by atoms with van der Waals surface area (Å²) in [6.45, 7) is 7.12. The zero-order valence-electron chi connectivity index (χ0n) is 20.3. The van der Waals surface area contributed by atoms with E-state index in [2.05, 4.69) is 10.0 Å². The second kappa shape index (κ2) is 12.1. The van der Waals surface area contributed by atoms with Gasteiger partial charge in [0.15, 0.2) is 0 Å². The van der Waals surface area contributed by atoms with Crippen molar-refractivity contribution in [3.8, 4) is 0 Å². The summed E-state index contributed by atoms with van der Waals surface area (Å²) in [4.78, 5) is 28.1. The van der Waals surface area contributed by atoms with Crippen LogP contribution in [0.3, 0.4) is 0 Å². The molecule has 0 radical (unpaired) electrons. The third-order valence-corrected chi connectivity index (χ3v) is 7.67. The molecule has 2 N–H and O–H groups in total. The van der Waals surface area contributed by atoms with Crippen molar-refractivity contribution in [2.45, 2.75) is 69.6 Å². The molecule has 1 aromatic carbocycles. The standard InChI is InChI=1S/C24H37N3O6S/c1-17(2)23(24(29)25-14-19-6-4-12-32-19)27(16-20-7-5-13-33-20)22(28)15-26-34(30,31)21-10-8-18(3)9-11-21/h8-11,17,19-20,23,26H,4-7,12-16H2,1-3H3,(H,25,29)/t19-,20+,23-/m0/s1. The number of hydrogen-bond donors (Lipinski definition) is 2. The molecule has 0 unspecified atom stereocenters. The maximum absolute atomic E-state index is 13.3. The second-order valence-corrected chi connectivity index (χ2v) is 11.2. The highest BCUT2D eigenvalue weighted by Crippen LogP contribution is 2.19. The lowest BCUT2D eigenvalue weighted by Crippen LogP contribution is -2.56. The first-order valence-corrected chi connectivity index (χ1v) is 13.5. The third-order valence-electron chi connectivity index (χ3n) is 6.25. The van der Waals surface area contributed by atoms with Gasteiger partial charge in [-0.25, -0.2) is 13.1 Å². The number of nitrogens with one attached hydrogen (secondary N) is 2. The van der Waals surface area contributed by atoms with Crippen LogP contribution in [0.5, 0.6) is 0 Å². The zero-order chi connectivity index (χ0) is 24.7. The molecule has 2 heterocycles. The van der Waals surface area contributed by atoms with Gasteiger partial charge in [-0.15, -0.1) is 0 Å². The lowest BCUT2D eigenvalue weighted by atomic mass is 10.00. The molecule has 3 atom stereocenters. The van der Waals surface area contributed by atoms with Gasteiger partial charge >= 0.3 is 0 Å². The van der Waals surface area contributed by atoms with Crippen LogP contribution in [-0.4, -0.2) is 76.2 Å². The Morgan fingerprint density at radius 1 is 1.06 bits per heavy atom. The van der Waals surface area contributed by atoms with E-state index in [0.717, 1.165) is 31.2 Å². The largest absolute Gasteiger partial charge is 0.376 e. The predicted octanol–water partition coefficient (Wildman–Crippen LogP) is 1.60. The van der Waals surface area contributed by atoms with Gasteiger partial charge in [0.25, 0.3) is 0 Å². The van der Waals surface area contributed by atoms with Crippen molar-refractivity contribution in [1.29, 1.82) is 0 Å². The molecule has 3 rings (SSSR count). The Morgan fingerprint density at radius 3 is 2.24 bits per heavy atom. The maximum Gasteiger partial charge on any atom is 0.243 e. The van der Waals surface area contributed by atoms with E-state index in [0.29, 0.717) is 19.8 Å². The molecule has 1 aromatic rings. The van der Waals surface area contributed by atoms with Gasteiger partial charge in [0.2, 0.25) is 21.8 Å². The normalized spacial score (nSPS) is 21.5. The number of aryl methyl sites for hydroxylation is 1. The summed E-state index contributed by atoms with van der Waals surface area (Å²) in [6, 6.07) is 5.66. The SMILES string of the molecule is Cc1ccc(S(=O)(=O)NCC(=O)N(C[C@H]2CCCO2)[C@H](C(=O)NC[C@@H]2CCCO2)C(C)C)cc1. The minimum atomic E-state index is -3.87. The van der Waals surface area contributed by atoms with Gasteiger partial charge in [-0.2, -0.15) is 0 Å². The summed E-state index contributed by atoms with van der Waals surface area (Å²) < 4.78 is 39.1. The molecule has 10 heteroatoms. The minimum Gasteiger partial charge on any atom is -0.376 e. The van der Waals surface area contributed by atoms with Crippen molar-refractivity contribution < 1.29 is 27.5 Å². The van der Waals surface area contributed by atoms with Crippen molar-refractivity contribution in [2.24, 2.45) is 5.92 Å². The van der Waals surface area contributed by atoms with Crippen LogP contribution in [0.1, 0.15) is 45.1 Å². The number of ether oxygens (including phenoxy) is 2. The first-order valence-electron chi connectivity index (χ1n) is 12.0. The molecule has 0 spiro atoms. The van der Waals surface area contributed by atoms with Gasteiger partial charge in [-0.05, 0) is 50.7 Å². The van der Waals surface area contributed by atoms with Crippen LogP contribution in [0.2, 0.25) is 0 Å². The number of carbonyl (C=O) groups is 2. The van der Waals surface area contributed by atoms with Crippen LogP contribution < -0.4 is 10.0 Å². The van der Waals surface area contributed by atoms with E-state index in [1.165, 1.54) is 17.0 Å². The highest BCUT2D eigenvalue weighted by atomic mass is 32.2. The smallest absolute Gasteiger partial charge is 0.243 e. The molecular formula is C24H37N3O6S. The summed E-state index contributed by atoms with van der Waals surface area (Å²) in [5, 5.41) is 2.93. The molecule has 34 heavy (non-hydrogen) atoms. The summed E-state index contributed by atoms with van der Waals surface area (Å²) in [7, 11) is -3.87. The maximum atomic E-state index is 13.3. The molecule has 2 fully saturated rings. The Hall–Kier alpha value is -2.01. The quantitative estimate of drug-likeness (QED) is 0.482. The fraction of sp³-hybridized carbons (Fsp3) is 0.667. The highest BCUT2D eigenvalue weighted by Gasteiger charge is 2.35. The highest BCUT2D eigenvalue weighted by molar-refractivity contribution is 7.89. The zero-order valence-corrected chi connectivity index (χ0v) is 21.1. The van der Waals surface area contributed by atoms with E-state index in [1.807, 2.05) is 20.8 Å². The Balaban J connectivity index is 1.71. The van der Waals surface area contributed by atoms with E-state index < -0.39 is 28.5 Å². The van der Waals surface area contributed by atoms with Gasteiger partial charge in [-0.3, -0.25) is 9.59 Å². The average molecular weight is 496 g/mol. The topological polar surface area (TPSA) is 114 Å². The molecule has 0 saturated carbocycles. The number of hydrogen-bond acceptors (Lipinski definition) is 6. The van der Waals surface area contributed by atoms with Crippen molar-refractivity contribution in [2.75, 3.05) is 32.8 Å². The van der Waals surface area contributed by atoms with Crippen LogP contribution in [0, 0.1) is 12.8 Å². The molecule has 0 aromatic heterocycles. The van der Waals surface area contributed by atoms with Gasteiger partial charge in [0, 0.05) is 26.3 Å². The number of amides is 2. The number of rotatable bonds is 11. The van der Waals surface area contributed by atoms with Gasteiger partial charge in [0.1, 0.15) is 6.04 Å². The van der Waals surface area contributed by atoms with Crippen LogP contribution >= 0.6 is 0 Å². The first kappa shape index (κ1) is 26.6. The number of nitrogens with zero attached hydrogens (tertiary/aromatic N) is 1. The number of carbonyl (C=O) groups excluding carboxylic acids is 2. The Bertz CT molecular complexity index is 923. The first-order chi connectivity index (χ1) is 16.2. The van der Waals surface area contributed by atoms with E-state index in [9.17, 15) is 18.0 Å². The molecule has 9 nitrogen and oxygen atoms in total. The Morgan fingerprint density at radius 2 is 1.68 bits per heavy atom. The molecule has 190 valence electrons. The monoisotopic (exact) mass is 495 g/mol. The molecule has 2 amide bonds. The van der Waals surface area contributed by atoms with Gasteiger partial charge < -0.3 is 19.7 Å². The molecule has 0 bridgehead atoms. The lowest BCUT2D eigenvalue weighted by molar-refractivity contribution is -0.143.